The highest BCUT2D eigenvalue weighted by atomic mass is 32.2. The Balaban J connectivity index is 1.53. The van der Waals surface area contributed by atoms with E-state index in [0.717, 1.165) is 12.0 Å². The zero-order chi connectivity index (χ0) is 21.8. The molecule has 2 heterocycles. The summed E-state index contributed by atoms with van der Waals surface area (Å²) in [6.45, 7) is 0. The van der Waals surface area contributed by atoms with E-state index in [2.05, 4.69) is 20.6 Å². The molecule has 7 nitrogen and oxygen atoms in total. The van der Waals surface area contributed by atoms with Crippen LogP contribution in [0.25, 0.3) is 0 Å². The number of rotatable bonds is 6. The zero-order valence-corrected chi connectivity index (χ0v) is 17.2. The summed E-state index contributed by atoms with van der Waals surface area (Å²) in [6.07, 6.45) is 0.560. The number of aryl methyl sites for hydroxylation is 1. The number of anilines is 2. The average molecular weight is 438 g/mol. The fourth-order valence-corrected chi connectivity index (χ4v) is 4.19. The number of carbonyl (C=O) groups is 2. The SMILES string of the molecule is O=C1C[C@H](C(=O)Nc2ccccc2F)c2c(nc(SCCc3ccccc3)[nH]c2=O)N1. The molecule has 2 amide bonds. The molecule has 0 fully saturated rings. The van der Waals surface area contributed by atoms with Crippen LogP contribution in [0.3, 0.4) is 0 Å². The van der Waals surface area contributed by atoms with Gasteiger partial charge in [-0.2, -0.15) is 0 Å². The topological polar surface area (TPSA) is 104 Å². The highest BCUT2D eigenvalue weighted by molar-refractivity contribution is 7.99. The first kappa shape index (κ1) is 20.8. The number of benzene rings is 2. The number of carbonyl (C=O) groups excluding carboxylic acids is 2. The Kier molecular flexibility index (Phi) is 6.13. The number of hydrogen-bond donors (Lipinski definition) is 3. The van der Waals surface area contributed by atoms with E-state index in [-0.39, 0.29) is 23.5 Å². The number of thioether (sulfide) groups is 1. The molecule has 1 aromatic heterocycles. The summed E-state index contributed by atoms with van der Waals surface area (Å²) in [5.41, 5.74) is 0.715. The lowest BCUT2D eigenvalue weighted by Crippen LogP contribution is -2.36. The molecule has 9 heteroatoms. The van der Waals surface area contributed by atoms with Crippen LogP contribution < -0.4 is 16.2 Å². The summed E-state index contributed by atoms with van der Waals surface area (Å²) < 4.78 is 13.9. The van der Waals surface area contributed by atoms with Crippen molar-refractivity contribution in [2.24, 2.45) is 0 Å². The van der Waals surface area contributed by atoms with Gasteiger partial charge in [0.2, 0.25) is 11.8 Å². The van der Waals surface area contributed by atoms with Gasteiger partial charge in [0.25, 0.3) is 5.56 Å². The highest BCUT2D eigenvalue weighted by Crippen LogP contribution is 2.30. The van der Waals surface area contributed by atoms with Gasteiger partial charge in [-0.15, -0.1) is 0 Å². The Morgan fingerprint density at radius 2 is 1.87 bits per heavy atom. The molecular weight excluding hydrogens is 419 g/mol. The Bertz CT molecular complexity index is 1180. The molecule has 3 aromatic rings. The standard InChI is InChI=1S/C22H19FN4O3S/c23-15-8-4-5-9-16(15)24-20(29)14-12-17(28)25-19-18(14)21(30)27-22(26-19)31-11-10-13-6-2-1-3-7-13/h1-9,14H,10-12H2,(H,24,29)(H2,25,26,27,28,30)/t14-/m0/s1. The highest BCUT2D eigenvalue weighted by Gasteiger charge is 2.35. The van der Waals surface area contributed by atoms with Crippen molar-refractivity contribution in [2.75, 3.05) is 16.4 Å². The molecule has 2 aromatic carbocycles. The van der Waals surface area contributed by atoms with E-state index in [4.69, 9.17) is 0 Å². The molecule has 0 saturated heterocycles. The lowest BCUT2D eigenvalue weighted by Gasteiger charge is -2.23. The number of nitrogens with zero attached hydrogens (tertiary/aromatic N) is 1. The Hall–Kier alpha value is -3.46. The van der Waals surface area contributed by atoms with Gasteiger partial charge in [-0.25, -0.2) is 9.37 Å². The van der Waals surface area contributed by atoms with E-state index in [0.29, 0.717) is 10.9 Å². The normalized spacial score (nSPS) is 15.1. The van der Waals surface area contributed by atoms with Crippen LogP contribution in [-0.2, 0) is 16.0 Å². The summed E-state index contributed by atoms with van der Waals surface area (Å²) in [5, 5.41) is 5.38. The van der Waals surface area contributed by atoms with E-state index in [1.54, 1.807) is 6.07 Å². The van der Waals surface area contributed by atoms with Gasteiger partial charge in [0.1, 0.15) is 11.6 Å². The van der Waals surface area contributed by atoms with E-state index < -0.39 is 29.1 Å². The molecule has 1 atom stereocenters. The lowest BCUT2D eigenvalue weighted by atomic mass is 9.92. The Labute approximate surface area is 181 Å². The fourth-order valence-electron chi connectivity index (χ4n) is 3.34. The third kappa shape index (κ3) is 4.83. The molecule has 0 unspecified atom stereocenters. The molecule has 3 N–H and O–H groups in total. The lowest BCUT2D eigenvalue weighted by molar-refractivity contribution is -0.123. The second-order valence-electron chi connectivity index (χ2n) is 6.99. The first-order chi connectivity index (χ1) is 15.0. The number of halogens is 1. The first-order valence-corrected chi connectivity index (χ1v) is 10.7. The molecule has 0 saturated carbocycles. The molecule has 158 valence electrons. The molecule has 0 bridgehead atoms. The van der Waals surface area contributed by atoms with Crippen LogP contribution in [0.2, 0.25) is 0 Å². The van der Waals surface area contributed by atoms with Crippen molar-refractivity contribution in [2.45, 2.75) is 23.9 Å². The molecule has 31 heavy (non-hydrogen) atoms. The predicted octanol–water partition coefficient (Wildman–Crippen LogP) is 3.31. The summed E-state index contributed by atoms with van der Waals surface area (Å²) in [4.78, 5) is 44.7. The van der Waals surface area contributed by atoms with Crippen molar-refractivity contribution < 1.29 is 14.0 Å². The Morgan fingerprint density at radius 3 is 2.65 bits per heavy atom. The maximum absolute atomic E-state index is 13.9. The fraction of sp³-hybridized carbons (Fsp3) is 0.182. The van der Waals surface area contributed by atoms with Gasteiger partial charge in [0, 0.05) is 12.2 Å². The number of nitrogens with one attached hydrogen (secondary N) is 3. The second-order valence-corrected chi connectivity index (χ2v) is 8.08. The van der Waals surface area contributed by atoms with E-state index >= 15 is 0 Å². The smallest absolute Gasteiger partial charge is 0.257 e. The number of fused-ring (bicyclic) bond motifs is 1. The van der Waals surface area contributed by atoms with Gasteiger partial charge in [0.15, 0.2) is 5.16 Å². The van der Waals surface area contributed by atoms with Gasteiger partial charge >= 0.3 is 0 Å². The number of hydrogen-bond acceptors (Lipinski definition) is 5. The molecule has 0 aliphatic carbocycles. The van der Waals surface area contributed by atoms with E-state index in [9.17, 15) is 18.8 Å². The van der Waals surface area contributed by atoms with Crippen molar-refractivity contribution in [3.05, 3.63) is 81.9 Å². The largest absolute Gasteiger partial charge is 0.323 e. The maximum atomic E-state index is 13.9. The summed E-state index contributed by atoms with van der Waals surface area (Å²) >= 11 is 1.35. The number of H-pyrrole nitrogens is 1. The van der Waals surface area contributed by atoms with E-state index in [1.165, 1.54) is 30.0 Å². The van der Waals surface area contributed by atoms with Crippen molar-refractivity contribution in [3.8, 4) is 0 Å². The zero-order valence-electron chi connectivity index (χ0n) is 16.4. The minimum Gasteiger partial charge on any atom is -0.323 e. The molecule has 0 radical (unpaired) electrons. The van der Waals surface area contributed by atoms with Crippen LogP contribution in [0.4, 0.5) is 15.9 Å². The van der Waals surface area contributed by atoms with Crippen molar-refractivity contribution in [1.29, 1.82) is 0 Å². The average Bonchev–Trinajstić information content (AvgIpc) is 2.75. The number of aromatic nitrogens is 2. The molecule has 4 rings (SSSR count). The van der Waals surface area contributed by atoms with Crippen LogP contribution in [0.1, 0.15) is 23.5 Å². The predicted molar refractivity (Wildman–Crippen MR) is 117 cm³/mol. The quantitative estimate of drug-likeness (QED) is 0.405. The van der Waals surface area contributed by atoms with Gasteiger partial charge in [0.05, 0.1) is 17.2 Å². The molecular formula is C22H19FN4O3S. The Morgan fingerprint density at radius 1 is 1.13 bits per heavy atom. The van der Waals surface area contributed by atoms with Crippen LogP contribution >= 0.6 is 11.8 Å². The van der Waals surface area contributed by atoms with Crippen molar-refractivity contribution >= 4 is 35.1 Å². The van der Waals surface area contributed by atoms with E-state index in [1.807, 2.05) is 30.3 Å². The third-order valence-corrected chi connectivity index (χ3v) is 5.72. The van der Waals surface area contributed by atoms with Crippen LogP contribution in [-0.4, -0.2) is 27.5 Å². The minimum atomic E-state index is -1.07. The second kappa shape index (κ2) is 9.13. The molecule has 0 spiro atoms. The number of amides is 2. The van der Waals surface area contributed by atoms with Crippen LogP contribution in [0, 0.1) is 5.82 Å². The van der Waals surface area contributed by atoms with Gasteiger partial charge in [-0.1, -0.05) is 54.2 Å². The third-order valence-electron chi connectivity index (χ3n) is 4.85. The van der Waals surface area contributed by atoms with Crippen LogP contribution in [0.5, 0.6) is 0 Å². The molecule has 1 aliphatic heterocycles. The molecule has 1 aliphatic rings. The summed E-state index contributed by atoms with van der Waals surface area (Å²) in [6, 6.07) is 15.6. The summed E-state index contributed by atoms with van der Waals surface area (Å²) in [7, 11) is 0. The van der Waals surface area contributed by atoms with Gasteiger partial charge in [-0.3, -0.25) is 14.4 Å². The van der Waals surface area contributed by atoms with Crippen molar-refractivity contribution in [3.63, 3.8) is 0 Å². The first-order valence-electron chi connectivity index (χ1n) is 9.67. The minimum absolute atomic E-state index is 0.0162. The monoisotopic (exact) mass is 438 g/mol. The maximum Gasteiger partial charge on any atom is 0.257 e. The van der Waals surface area contributed by atoms with Gasteiger partial charge in [-0.05, 0) is 24.1 Å². The van der Waals surface area contributed by atoms with Crippen LogP contribution in [0.15, 0.2) is 64.5 Å². The summed E-state index contributed by atoms with van der Waals surface area (Å²) in [5.74, 6) is -2.00. The number of para-hydroxylation sites is 1. The van der Waals surface area contributed by atoms with Gasteiger partial charge < -0.3 is 15.6 Å². The van der Waals surface area contributed by atoms with Crippen molar-refractivity contribution in [1.82, 2.24) is 9.97 Å². The number of aromatic amines is 1.